The summed E-state index contributed by atoms with van der Waals surface area (Å²) >= 11 is 0. The van der Waals surface area contributed by atoms with Gasteiger partial charge in [0.15, 0.2) is 0 Å². The summed E-state index contributed by atoms with van der Waals surface area (Å²) in [5, 5.41) is 3.16. The Labute approximate surface area is 135 Å². The third-order valence-corrected chi connectivity index (χ3v) is 3.99. The minimum Gasteiger partial charge on any atom is -0.350 e. The molecule has 0 fully saturated rings. The average molecular weight is 306 g/mol. The molecule has 0 aliphatic carbocycles. The summed E-state index contributed by atoms with van der Waals surface area (Å²) in [6, 6.07) is 15.2. The molecular weight excluding hydrogens is 288 g/mol. The van der Waals surface area contributed by atoms with Crippen LogP contribution in [0, 0.1) is 13.8 Å². The molecule has 0 unspecified atom stereocenters. The number of nitrogens with one attached hydrogen (secondary N) is 1. The molecule has 0 radical (unpaired) electrons. The lowest BCUT2D eigenvalue weighted by atomic mass is 10.0. The van der Waals surface area contributed by atoms with Gasteiger partial charge in [0.2, 0.25) is 0 Å². The van der Waals surface area contributed by atoms with E-state index < -0.39 is 0 Å². The van der Waals surface area contributed by atoms with E-state index in [1.807, 2.05) is 62.4 Å². The lowest BCUT2D eigenvalue weighted by Gasteiger charge is -2.12. The van der Waals surface area contributed by atoms with Crippen LogP contribution >= 0.6 is 0 Å². The Morgan fingerprint density at radius 2 is 1.61 bits per heavy atom. The van der Waals surface area contributed by atoms with Gasteiger partial charge in [0.1, 0.15) is 5.70 Å². The summed E-state index contributed by atoms with van der Waals surface area (Å²) in [5.74, 6) is -0.595. The smallest absolute Gasteiger partial charge is 0.277 e. The Bertz CT molecular complexity index is 823. The summed E-state index contributed by atoms with van der Waals surface area (Å²) in [7, 11) is 1.50. The number of carbonyl (C=O) groups excluding carboxylic acids is 2. The number of hydrogen-bond acceptors (Lipinski definition) is 3. The van der Waals surface area contributed by atoms with Gasteiger partial charge in [0.05, 0.1) is 5.57 Å². The first-order chi connectivity index (χ1) is 11.0. The first-order valence-corrected chi connectivity index (χ1v) is 7.45. The molecule has 0 bridgehead atoms. The van der Waals surface area contributed by atoms with Crippen molar-refractivity contribution in [2.75, 3.05) is 12.4 Å². The summed E-state index contributed by atoms with van der Waals surface area (Å²) in [6.45, 7) is 3.99. The number of carbonyl (C=O) groups is 2. The molecule has 2 amide bonds. The maximum Gasteiger partial charge on any atom is 0.277 e. The van der Waals surface area contributed by atoms with Gasteiger partial charge < -0.3 is 5.32 Å². The van der Waals surface area contributed by atoms with Gasteiger partial charge in [-0.15, -0.1) is 0 Å². The van der Waals surface area contributed by atoms with Crippen molar-refractivity contribution in [1.82, 2.24) is 4.90 Å². The van der Waals surface area contributed by atoms with Crippen molar-refractivity contribution in [3.05, 3.63) is 70.9 Å². The molecule has 0 aromatic heterocycles. The van der Waals surface area contributed by atoms with E-state index in [1.54, 1.807) is 0 Å². The highest BCUT2D eigenvalue weighted by molar-refractivity contribution is 6.36. The first-order valence-electron chi connectivity index (χ1n) is 7.45. The zero-order chi connectivity index (χ0) is 16.6. The zero-order valence-electron chi connectivity index (χ0n) is 13.4. The number of nitrogens with zero attached hydrogens (tertiary/aromatic N) is 1. The molecule has 3 rings (SSSR count). The van der Waals surface area contributed by atoms with Crippen LogP contribution < -0.4 is 5.32 Å². The number of likely N-dealkylation sites (N-methyl/N-ethyl adjacent to an activating group) is 1. The number of amides is 2. The standard InChI is InChI=1S/C19H18N2O2/c1-12-9-10-15(13(2)11-12)20-17-16(14-7-5-4-6-8-14)18(22)21(3)19(17)23/h4-11,20H,1-3H3. The van der Waals surface area contributed by atoms with E-state index in [-0.39, 0.29) is 11.8 Å². The van der Waals surface area contributed by atoms with Gasteiger partial charge in [-0.25, -0.2) is 0 Å². The Hall–Kier alpha value is -2.88. The number of anilines is 1. The second-order valence-electron chi connectivity index (χ2n) is 5.73. The van der Waals surface area contributed by atoms with Crippen molar-refractivity contribution < 1.29 is 9.59 Å². The quantitative estimate of drug-likeness (QED) is 0.886. The van der Waals surface area contributed by atoms with Crippen LogP contribution in [0.5, 0.6) is 0 Å². The minimum atomic E-state index is -0.311. The van der Waals surface area contributed by atoms with Gasteiger partial charge in [0.25, 0.3) is 11.8 Å². The van der Waals surface area contributed by atoms with E-state index in [0.717, 1.165) is 27.3 Å². The lowest BCUT2D eigenvalue weighted by Crippen LogP contribution is -2.28. The van der Waals surface area contributed by atoms with E-state index >= 15 is 0 Å². The molecule has 23 heavy (non-hydrogen) atoms. The monoisotopic (exact) mass is 306 g/mol. The Morgan fingerprint density at radius 3 is 2.26 bits per heavy atom. The zero-order valence-corrected chi connectivity index (χ0v) is 13.4. The summed E-state index contributed by atoms with van der Waals surface area (Å²) in [4.78, 5) is 26.1. The fourth-order valence-corrected chi connectivity index (χ4v) is 2.72. The second-order valence-corrected chi connectivity index (χ2v) is 5.73. The van der Waals surface area contributed by atoms with Crippen molar-refractivity contribution >= 4 is 23.1 Å². The van der Waals surface area contributed by atoms with E-state index in [9.17, 15) is 9.59 Å². The number of imide groups is 1. The van der Waals surface area contributed by atoms with E-state index in [1.165, 1.54) is 7.05 Å². The molecule has 0 saturated carbocycles. The Morgan fingerprint density at radius 1 is 0.913 bits per heavy atom. The van der Waals surface area contributed by atoms with Crippen molar-refractivity contribution in [3.8, 4) is 0 Å². The predicted octanol–water partition coefficient (Wildman–Crippen LogP) is 3.13. The molecule has 116 valence electrons. The summed E-state index contributed by atoms with van der Waals surface area (Å²) in [6.07, 6.45) is 0. The highest BCUT2D eigenvalue weighted by Crippen LogP contribution is 2.30. The third kappa shape index (κ3) is 2.63. The van der Waals surface area contributed by atoms with Crippen molar-refractivity contribution in [2.45, 2.75) is 13.8 Å². The molecule has 1 heterocycles. The Kier molecular flexibility index (Phi) is 3.74. The molecular formula is C19H18N2O2. The number of benzene rings is 2. The number of rotatable bonds is 3. The highest BCUT2D eigenvalue weighted by atomic mass is 16.2. The van der Waals surface area contributed by atoms with Crippen LogP contribution in [0.3, 0.4) is 0 Å². The van der Waals surface area contributed by atoms with Gasteiger partial charge in [-0.2, -0.15) is 0 Å². The molecule has 0 spiro atoms. The minimum absolute atomic E-state index is 0.284. The Balaban J connectivity index is 2.10. The van der Waals surface area contributed by atoms with Crippen molar-refractivity contribution in [2.24, 2.45) is 0 Å². The third-order valence-electron chi connectivity index (χ3n) is 3.99. The predicted molar refractivity (Wildman–Crippen MR) is 90.7 cm³/mol. The average Bonchev–Trinajstić information content (AvgIpc) is 2.75. The maximum atomic E-state index is 12.5. The second kappa shape index (κ2) is 5.72. The maximum absolute atomic E-state index is 12.5. The topological polar surface area (TPSA) is 49.4 Å². The van der Waals surface area contributed by atoms with Gasteiger partial charge >= 0.3 is 0 Å². The largest absolute Gasteiger partial charge is 0.350 e. The summed E-state index contributed by atoms with van der Waals surface area (Å²) in [5.41, 5.74) is 4.49. The van der Waals surface area contributed by atoms with Gasteiger partial charge in [-0.1, -0.05) is 48.0 Å². The van der Waals surface area contributed by atoms with Crippen LogP contribution in [-0.4, -0.2) is 23.8 Å². The molecule has 2 aromatic rings. The van der Waals surface area contributed by atoms with Crippen molar-refractivity contribution in [3.63, 3.8) is 0 Å². The molecule has 0 atom stereocenters. The SMILES string of the molecule is Cc1ccc(NC2=C(c3ccccc3)C(=O)N(C)C2=O)c(C)c1. The molecule has 1 aliphatic heterocycles. The van der Waals surface area contributed by atoms with Gasteiger partial charge in [-0.05, 0) is 31.0 Å². The number of aryl methyl sites for hydroxylation is 2. The van der Waals surface area contributed by atoms with Crippen LogP contribution in [-0.2, 0) is 9.59 Å². The molecule has 0 saturated heterocycles. The first kappa shape index (κ1) is 15.0. The fraction of sp³-hybridized carbons (Fsp3) is 0.158. The molecule has 1 aliphatic rings. The van der Waals surface area contributed by atoms with Gasteiger partial charge in [-0.3, -0.25) is 14.5 Å². The van der Waals surface area contributed by atoms with E-state index in [0.29, 0.717) is 11.3 Å². The number of hydrogen-bond donors (Lipinski definition) is 1. The van der Waals surface area contributed by atoms with E-state index in [4.69, 9.17) is 0 Å². The van der Waals surface area contributed by atoms with Gasteiger partial charge in [0, 0.05) is 12.7 Å². The van der Waals surface area contributed by atoms with Crippen LogP contribution in [0.25, 0.3) is 5.57 Å². The van der Waals surface area contributed by atoms with Crippen LogP contribution in [0.1, 0.15) is 16.7 Å². The normalized spacial score (nSPS) is 14.7. The molecule has 4 heteroatoms. The van der Waals surface area contributed by atoms with Crippen molar-refractivity contribution in [1.29, 1.82) is 0 Å². The fourth-order valence-electron chi connectivity index (χ4n) is 2.72. The summed E-state index contributed by atoms with van der Waals surface area (Å²) < 4.78 is 0. The molecule has 2 aromatic carbocycles. The highest BCUT2D eigenvalue weighted by Gasteiger charge is 2.36. The lowest BCUT2D eigenvalue weighted by molar-refractivity contribution is -0.135. The van der Waals surface area contributed by atoms with Crippen LogP contribution in [0.4, 0.5) is 5.69 Å². The molecule has 4 nitrogen and oxygen atoms in total. The van der Waals surface area contributed by atoms with E-state index in [2.05, 4.69) is 5.32 Å². The molecule has 1 N–H and O–H groups in total. The van der Waals surface area contributed by atoms with Crippen LogP contribution in [0.2, 0.25) is 0 Å². The van der Waals surface area contributed by atoms with Crippen LogP contribution in [0.15, 0.2) is 54.2 Å².